The quantitative estimate of drug-likeness (QED) is 0.738. The lowest BCUT2D eigenvalue weighted by Crippen LogP contribution is -2.44. The van der Waals surface area contributed by atoms with Crippen LogP contribution in [0, 0.1) is 5.41 Å². The van der Waals surface area contributed by atoms with Gasteiger partial charge in [-0.1, -0.05) is 20.8 Å². The molecule has 2 aliphatic rings. The number of hydrogen-bond donors (Lipinski definition) is 1. The van der Waals surface area contributed by atoms with Gasteiger partial charge in [-0.3, -0.25) is 4.90 Å². The van der Waals surface area contributed by atoms with Gasteiger partial charge in [-0.25, -0.2) is 0 Å². The summed E-state index contributed by atoms with van der Waals surface area (Å²) in [6.45, 7) is 15.9. The fourth-order valence-electron chi connectivity index (χ4n) is 4.00. The number of rotatable bonds is 8. The highest BCUT2D eigenvalue weighted by Crippen LogP contribution is 2.29. The first-order valence-corrected chi connectivity index (χ1v) is 8.90. The fraction of sp³-hybridized carbons (Fsp3) is 1.00. The van der Waals surface area contributed by atoms with Crippen molar-refractivity contribution in [2.75, 3.05) is 45.8 Å². The van der Waals surface area contributed by atoms with E-state index in [4.69, 9.17) is 0 Å². The van der Waals surface area contributed by atoms with Gasteiger partial charge in [-0.05, 0) is 63.7 Å². The van der Waals surface area contributed by atoms with Gasteiger partial charge >= 0.3 is 0 Å². The average Bonchev–Trinajstić information content (AvgIpc) is 3.14. The highest BCUT2D eigenvalue weighted by Gasteiger charge is 2.34. The maximum absolute atomic E-state index is 3.59. The summed E-state index contributed by atoms with van der Waals surface area (Å²) in [5.41, 5.74) is 0.482. The van der Waals surface area contributed by atoms with Crippen molar-refractivity contribution in [3.8, 4) is 0 Å². The molecule has 20 heavy (non-hydrogen) atoms. The highest BCUT2D eigenvalue weighted by molar-refractivity contribution is 4.90. The molecule has 0 radical (unpaired) electrons. The minimum Gasteiger partial charge on any atom is -0.316 e. The number of hydrogen-bond acceptors (Lipinski definition) is 3. The summed E-state index contributed by atoms with van der Waals surface area (Å²) in [5.74, 6) is 0. The Hall–Kier alpha value is -0.120. The van der Waals surface area contributed by atoms with E-state index in [2.05, 4.69) is 35.9 Å². The van der Waals surface area contributed by atoms with Crippen LogP contribution in [0.5, 0.6) is 0 Å². The van der Waals surface area contributed by atoms with Gasteiger partial charge in [-0.15, -0.1) is 0 Å². The second kappa shape index (κ2) is 7.77. The van der Waals surface area contributed by atoms with Crippen LogP contribution in [0.1, 0.15) is 52.9 Å². The van der Waals surface area contributed by atoms with Crippen molar-refractivity contribution in [1.82, 2.24) is 15.1 Å². The van der Waals surface area contributed by atoms with Crippen molar-refractivity contribution in [2.45, 2.75) is 58.9 Å². The zero-order chi connectivity index (χ0) is 14.4. The molecule has 2 fully saturated rings. The van der Waals surface area contributed by atoms with E-state index in [1.54, 1.807) is 0 Å². The van der Waals surface area contributed by atoms with E-state index >= 15 is 0 Å². The van der Waals surface area contributed by atoms with Crippen LogP contribution < -0.4 is 5.32 Å². The summed E-state index contributed by atoms with van der Waals surface area (Å²) in [6.07, 6.45) is 6.82. The van der Waals surface area contributed by atoms with Crippen molar-refractivity contribution < 1.29 is 0 Å². The van der Waals surface area contributed by atoms with Crippen molar-refractivity contribution >= 4 is 0 Å². The smallest absolute Gasteiger partial charge is 0.0235 e. The standard InChI is InChI=1S/C17H35N3/c1-4-17(5-2,14-18-6-3)15-19-12-9-16(13-19)20-10-7-8-11-20/h16,18H,4-15H2,1-3H3. The number of nitrogens with one attached hydrogen (secondary N) is 1. The Labute approximate surface area is 126 Å². The first-order valence-electron chi connectivity index (χ1n) is 8.90. The van der Waals surface area contributed by atoms with Gasteiger partial charge in [0.15, 0.2) is 0 Å². The molecule has 0 aliphatic carbocycles. The van der Waals surface area contributed by atoms with Crippen molar-refractivity contribution in [2.24, 2.45) is 5.41 Å². The lowest BCUT2D eigenvalue weighted by atomic mass is 9.81. The highest BCUT2D eigenvalue weighted by atomic mass is 15.3. The molecule has 3 heteroatoms. The molecular formula is C17H35N3. The van der Waals surface area contributed by atoms with Crippen LogP contribution in [0.4, 0.5) is 0 Å². The van der Waals surface area contributed by atoms with Crippen LogP contribution in [-0.4, -0.2) is 61.7 Å². The molecule has 0 aromatic heterocycles. The van der Waals surface area contributed by atoms with Crippen LogP contribution in [0.15, 0.2) is 0 Å². The van der Waals surface area contributed by atoms with Crippen molar-refractivity contribution in [1.29, 1.82) is 0 Å². The van der Waals surface area contributed by atoms with Gasteiger partial charge in [0.05, 0.1) is 0 Å². The molecule has 2 rings (SSSR count). The van der Waals surface area contributed by atoms with E-state index in [1.165, 1.54) is 71.4 Å². The molecule has 0 spiro atoms. The van der Waals surface area contributed by atoms with E-state index in [0.29, 0.717) is 5.41 Å². The molecule has 2 aliphatic heterocycles. The second-order valence-electron chi connectivity index (χ2n) is 6.91. The van der Waals surface area contributed by atoms with E-state index in [1.807, 2.05) is 0 Å². The van der Waals surface area contributed by atoms with Crippen LogP contribution >= 0.6 is 0 Å². The first kappa shape index (κ1) is 16.3. The minimum absolute atomic E-state index is 0.482. The molecule has 1 atom stereocenters. The predicted octanol–water partition coefficient (Wildman–Crippen LogP) is 2.57. The SMILES string of the molecule is CCNCC(CC)(CC)CN1CCC(N2CCCC2)C1. The molecule has 0 aromatic rings. The predicted molar refractivity (Wildman–Crippen MR) is 87.2 cm³/mol. The Morgan fingerprint density at radius 2 is 1.75 bits per heavy atom. The summed E-state index contributed by atoms with van der Waals surface area (Å²) in [6, 6.07) is 0.850. The van der Waals surface area contributed by atoms with Gasteiger partial charge in [0.1, 0.15) is 0 Å². The summed E-state index contributed by atoms with van der Waals surface area (Å²) < 4.78 is 0. The minimum atomic E-state index is 0.482. The molecule has 0 bridgehead atoms. The van der Waals surface area contributed by atoms with Crippen molar-refractivity contribution in [3.63, 3.8) is 0 Å². The maximum Gasteiger partial charge on any atom is 0.0235 e. The molecular weight excluding hydrogens is 246 g/mol. The molecule has 1 N–H and O–H groups in total. The second-order valence-corrected chi connectivity index (χ2v) is 6.91. The van der Waals surface area contributed by atoms with Gasteiger partial charge in [0, 0.05) is 25.7 Å². The third kappa shape index (κ3) is 3.96. The van der Waals surface area contributed by atoms with Gasteiger partial charge in [0.25, 0.3) is 0 Å². The molecule has 2 saturated heterocycles. The largest absolute Gasteiger partial charge is 0.316 e. The Morgan fingerprint density at radius 1 is 1.05 bits per heavy atom. The Balaban J connectivity index is 1.84. The molecule has 0 aromatic carbocycles. The number of nitrogens with zero attached hydrogens (tertiary/aromatic N) is 2. The van der Waals surface area contributed by atoms with E-state index in [9.17, 15) is 0 Å². The van der Waals surface area contributed by atoms with E-state index in [0.717, 1.165) is 12.6 Å². The van der Waals surface area contributed by atoms with E-state index in [-0.39, 0.29) is 0 Å². The lowest BCUT2D eigenvalue weighted by molar-refractivity contribution is 0.144. The first-order chi connectivity index (χ1) is 9.73. The molecule has 0 amide bonds. The Kier molecular flexibility index (Phi) is 6.31. The zero-order valence-electron chi connectivity index (χ0n) is 14.0. The summed E-state index contributed by atoms with van der Waals surface area (Å²) in [5, 5.41) is 3.59. The molecule has 3 nitrogen and oxygen atoms in total. The monoisotopic (exact) mass is 281 g/mol. The lowest BCUT2D eigenvalue weighted by Gasteiger charge is -2.36. The van der Waals surface area contributed by atoms with Crippen LogP contribution in [0.2, 0.25) is 0 Å². The van der Waals surface area contributed by atoms with E-state index < -0.39 is 0 Å². The molecule has 2 heterocycles. The number of likely N-dealkylation sites (tertiary alicyclic amines) is 2. The Bertz CT molecular complexity index is 269. The van der Waals surface area contributed by atoms with Crippen LogP contribution in [0.3, 0.4) is 0 Å². The van der Waals surface area contributed by atoms with Gasteiger partial charge < -0.3 is 10.2 Å². The fourth-order valence-corrected chi connectivity index (χ4v) is 4.00. The molecule has 1 unspecified atom stereocenters. The molecule has 0 saturated carbocycles. The summed E-state index contributed by atoms with van der Waals surface area (Å²) >= 11 is 0. The molecule has 118 valence electrons. The maximum atomic E-state index is 3.59. The van der Waals surface area contributed by atoms with Gasteiger partial charge in [0.2, 0.25) is 0 Å². The van der Waals surface area contributed by atoms with Crippen molar-refractivity contribution in [3.05, 3.63) is 0 Å². The topological polar surface area (TPSA) is 18.5 Å². The summed E-state index contributed by atoms with van der Waals surface area (Å²) in [7, 11) is 0. The average molecular weight is 281 g/mol. The summed E-state index contributed by atoms with van der Waals surface area (Å²) in [4.78, 5) is 5.48. The van der Waals surface area contributed by atoms with Crippen LogP contribution in [0.25, 0.3) is 0 Å². The third-order valence-corrected chi connectivity index (χ3v) is 5.71. The normalized spacial score (nSPS) is 25.6. The Morgan fingerprint density at radius 3 is 2.35 bits per heavy atom. The zero-order valence-corrected chi connectivity index (χ0v) is 14.0. The van der Waals surface area contributed by atoms with Gasteiger partial charge in [-0.2, -0.15) is 0 Å². The van der Waals surface area contributed by atoms with Crippen LogP contribution in [-0.2, 0) is 0 Å². The third-order valence-electron chi connectivity index (χ3n) is 5.71.